The Labute approximate surface area is 148 Å². The number of nitrogens with zero attached hydrogens (tertiary/aromatic N) is 2. The highest BCUT2D eigenvalue weighted by Crippen LogP contribution is 2.37. The van der Waals surface area contributed by atoms with Gasteiger partial charge in [0.25, 0.3) is 5.91 Å². The van der Waals surface area contributed by atoms with E-state index in [4.69, 9.17) is 0 Å². The number of hydrogen-bond donors (Lipinski definition) is 1. The standard InChI is InChI=1S/C17H20F3N3OS/c1-16(2,3)15-21-9-13(25-15)14(24)22-12-7-6-10(23(4)5)8-11(12)17(18,19)20/h6-9H,1-5H3,(H,22,24). The van der Waals surface area contributed by atoms with Crippen LogP contribution in [0.4, 0.5) is 24.5 Å². The molecule has 8 heteroatoms. The molecule has 0 spiro atoms. The van der Waals surface area contributed by atoms with Gasteiger partial charge < -0.3 is 10.2 Å². The van der Waals surface area contributed by atoms with Gasteiger partial charge in [-0.15, -0.1) is 11.3 Å². The van der Waals surface area contributed by atoms with Crippen molar-refractivity contribution in [3.8, 4) is 0 Å². The number of nitrogens with one attached hydrogen (secondary N) is 1. The van der Waals surface area contributed by atoms with Crippen LogP contribution in [0.25, 0.3) is 0 Å². The summed E-state index contributed by atoms with van der Waals surface area (Å²) in [4.78, 5) is 18.4. The number of halogens is 3. The van der Waals surface area contributed by atoms with E-state index in [-0.39, 0.29) is 16.0 Å². The van der Waals surface area contributed by atoms with Crippen LogP contribution in [0.15, 0.2) is 24.4 Å². The first kappa shape index (κ1) is 19.2. The first-order chi connectivity index (χ1) is 11.4. The van der Waals surface area contributed by atoms with Gasteiger partial charge in [0.1, 0.15) is 4.88 Å². The molecule has 1 N–H and O–H groups in total. The van der Waals surface area contributed by atoms with Crippen LogP contribution >= 0.6 is 11.3 Å². The molecule has 2 aromatic rings. The van der Waals surface area contributed by atoms with Crippen molar-refractivity contribution >= 4 is 28.6 Å². The molecule has 25 heavy (non-hydrogen) atoms. The van der Waals surface area contributed by atoms with Crippen molar-refractivity contribution in [2.45, 2.75) is 32.4 Å². The Morgan fingerprint density at radius 3 is 2.32 bits per heavy atom. The molecule has 1 aromatic carbocycles. The first-order valence-electron chi connectivity index (χ1n) is 7.56. The summed E-state index contributed by atoms with van der Waals surface area (Å²) in [7, 11) is 3.30. The Morgan fingerprint density at radius 2 is 1.84 bits per heavy atom. The minimum atomic E-state index is -4.57. The number of thiazole rings is 1. The molecule has 0 unspecified atom stereocenters. The fourth-order valence-electron chi connectivity index (χ4n) is 2.06. The summed E-state index contributed by atoms with van der Waals surface area (Å²) in [5.41, 5.74) is -0.979. The number of benzene rings is 1. The van der Waals surface area contributed by atoms with Crippen molar-refractivity contribution in [3.05, 3.63) is 39.8 Å². The number of hydrogen-bond acceptors (Lipinski definition) is 4. The summed E-state index contributed by atoms with van der Waals surface area (Å²) in [6.45, 7) is 5.86. The van der Waals surface area contributed by atoms with Gasteiger partial charge in [0.05, 0.1) is 22.5 Å². The van der Waals surface area contributed by atoms with Gasteiger partial charge in [0.2, 0.25) is 0 Å². The highest BCUT2D eigenvalue weighted by molar-refractivity contribution is 7.13. The molecule has 0 bridgehead atoms. The molecule has 0 aliphatic carbocycles. The largest absolute Gasteiger partial charge is 0.418 e. The average molecular weight is 371 g/mol. The van der Waals surface area contributed by atoms with Crippen LogP contribution in [0.2, 0.25) is 0 Å². The number of anilines is 2. The molecule has 1 heterocycles. The van der Waals surface area contributed by atoms with Crippen LogP contribution in [-0.2, 0) is 11.6 Å². The molecule has 1 aromatic heterocycles. The van der Waals surface area contributed by atoms with E-state index >= 15 is 0 Å². The van der Waals surface area contributed by atoms with Crippen molar-refractivity contribution < 1.29 is 18.0 Å². The normalized spacial score (nSPS) is 12.2. The van der Waals surface area contributed by atoms with Crippen molar-refractivity contribution in [3.63, 3.8) is 0 Å². The minimum Gasteiger partial charge on any atom is -0.378 e. The molecule has 0 aliphatic rings. The topological polar surface area (TPSA) is 45.2 Å². The summed E-state index contributed by atoms with van der Waals surface area (Å²) in [6.07, 6.45) is -3.18. The molecule has 2 rings (SSSR count). The number of carbonyl (C=O) groups is 1. The van der Waals surface area contributed by atoms with Crippen molar-refractivity contribution in [2.75, 3.05) is 24.3 Å². The van der Waals surface area contributed by atoms with Gasteiger partial charge in [-0.25, -0.2) is 4.98 Å². The Kier molecular flexibility index (Phi) is 5.13. The van der Waals surface area contributed by atoms with E-state index in [0.717, 1.165) is 11.1 Å². The minimum absolute atomic E-state index is 0.228. The van der Waals surface area contributed by atoms with E-state index in [1.54, 1.807) is 19.0 Å². The summed E-state index contributed by atoms with van der Waals surface area (Å²) >= 11 is 1.18. The van der Waals surface area contributed by atoms with E-state index in [9.17, 15) is 18.0 Å². The third kappa shape index (κ3) is 4.50. The van der Waals surface area contributed by atoms with Gasteiger partial charge in [-0.1, -0.05) is 20.8 Å². The molecule has 0 fully saturated rings. The molecule has 136 valence electrons. The second-order valence-electron chi connectivity index (χ2n) is 6.86. The Hall–Kier alpha value is -2.09. The van der Waals surface area contributed by atoms with Crippen LogP contribution in [-0.4, -0.2) is 25.0 Å². The van der Waals surface area contributed by atoms with E-state index in [0.29, 0.717) is 5.69 Å². The fraction of sp³-hybridized carbons (Fsp3) is 0.412. The number of rotatable bonds is 3. The lowest BCUT2D eigenvalue weighted by Crippen LogP contribution is -2.17. The van der Waals surface area contributed by atoms with Gasteiger partial charge in [-0.05, 0) is 18.2 Å². The molecule has 0 atom stereocenters. The Balaban J connectivity index is 2.33. The maximum absolute atomic E-state index is 13.3. The van der Waals surface area contributed by atoms with Gasteiger partial charge in [-0.2, -0.15) is 13.2 Å². The van der Waals surface area contributed by atoms with Crippen LogP contribution < -0.4 is 10.2 Å². The number of aromatic nitrogens is 1. The third-order valence-electron chi connectivity index (χ3n) is 3.44. The van der Waals surface area contributed by atoms with Gasteiger partial charge in [0, 0.05) is 25.2 Å². The molecular weight excluding hydrogens is 351 g/mol. The highest BCUT2D eigenvalue weighted by atomic mass is 32.1. The predicted molar refractivity (Wildman–Crippen MR) is 94.5 cm³/mol. The highest BCUT2D eigenvalue weighted by Gasteiger charge is 2.34. The number of amides is 1. The summed E-state index contributed by atoms with van der Waals surface area (Å²) in [6, 6.07) is 3.81. The van der Waals surface area contributed by atoms with Crippen molar-refractivity contribution in [1.82, 2.24) is 4.98 Å². The Morgan fingerprint density at radius 1 is 1.20 bits per heavy atom. The maximum atomic E-state index is 13.3. The van der Waals surface area contributed by atoms with E-state index < -0.39 is 17.6 Å². The van der Waals surface area contributed by atoms with Gasteiger partial charge >= 0.3 is 6.18 Å². The monoisotopic (exact) mass is 371 g/mol. The summed E-state index contributed by atoms with van der Waals surface area (Å²) < 4.78 is 40.0. The molecule has 0 saturated heterocycles. The molecule has 0 aliphatic heterocycles. The molecule has 0 radical (unpaired) electrons. The van der Waals surface area contributed by atoms with Crippen LogP contribution in [0.5, 0.6) is 0 Å². The zero-order valence-electron chi connectivity index (χ0n) is 14.7. The summed E-state index contributed by atoms with van der Waals surface area (Å²) in [5, 5.41) is 3.10. The van der Waals surface area contributed by atoms with Crippen LogP contribution in [0.3, 0.4) is 0 Å². The van der Waals surface area contributed by atoms with Crippen LogP contribution in [0.1, 0.15) is 41.0 Å². The molecular formula is C17H20F3N3OS. The molecule has 1 amide bonds. The average Bonchev–Trinajstić information content (AvgIpc) is 2.96. The zero-order valence-corrected chi connectivity index (χ0v) is 15.5. The second kappa shape index (κ2) is 6.67. The van der Waals surface area contributed by atoms with E-state index in [1.807, 2.05) is 20.8 Å². The van der Waals surface area contributed by atoms with Gasteiger partial charge in [0.15, 0.2) is 0 Å². The lowest BCUT2D eigenvalue weighted by Gasteiger charge is -2.18. The smallest absolute Gasteiger partial charge is 0.378 e. The second-order valence-corrected chi connectivity index (χ2v) is 7.89. The van der Waals surface area contributed by atoms with Crippen molar-refractivity contribution in [1.29, 1.82) is 0 Å². The number of alkyl halides is 3. The Bertz CT molecular complexity index is 776. The van der Waals surface area contributed by atoms with Crippen LogP contribution in [0, 0.1) is 0 Å². The quantitative estimate of drug-likeness (QED) is 0.845. The van der Waals surface area contributed by atoms with E-state index in [1.165, 1.54) is 29.7 Å². The summed E-state index contributed by atoms with van der Waals surface area (Å²) in [5.74, 6) is -0.601. The van der Waals surface area contributed by atoms with Gasteiger partial charge in [-0.3, -0.25) is 4.79 Å². The van der Waals surface area contributed by atoms with E-state index in [2.05, 4.69) is 10.3 Å². The lowest BCUT2D eigenvalue weighted by molar-refractivity contribution is -0.136. The maximum Gasteiger partial charge on any atom is 0.418 e. The molecule has 4 nitrogen and oxygen atoms in total. The first-order valence-corrected chi connectivity index (χ1v) is 8.37. The fourth-order valence-corrected chi connectivity index (χ4v) is 2.93. The SMILES string of the molecule is CN(C)c1ccc(NC(=O)c2cnc(C(C)(C)C)s2)c(C(F)(F)F)c1. The predicted octanol–water partition coefficient (Wildman–Crippen LogP) is 4.78. The molecule has 0 saturated carbocycles. The lowest BCUT2D eigenvalue weighted by atomic mass is 9.98. The zero-order chi connectivity index (χ0) is 19.0. The van der Waals surface area contributed by atoms with Crippen molar-refractivity contribution in [2.24, 2.45) is 0 Å². The number of carbonyl (C=O) groups excluding carboxylic acids is 1. The third-order valence-corrected chi connectivity index (χ3v) is 4.87.